The number of hydrogen-bond donors (Lipinski definition) is 1. The van der Waals surface area contributed by atoms with Crippen molar-refractivity contribution in [2.45, 2.75) is 33.2 Å². The van der Waals surface area contributed by atoms with E-state index in [9.17, 15) is 0 Å². The molecule has 2 N–H and O–H groups in total. The highest BCUT2D eigenvalue weighted by atomic mass is 79.9. The van der Waals surface area contributed by atoms with E-state index in [4.69, 9.17) is 5.73 Å². The summed E-state index contributed by atoms with van der Waals surface area (Å²) >= 11 is 3.57. The molecule has 2 aromatic carbocycles. The molecule has 0 heterocycles. The van der Waals surface area contributed by atoms with Gasteiger partial charge in [0.05, 0.1) is 6.04 Å². The highest BCUT2D eigenvalue weighted by Gasteiger charge is 2.15. The normalized spacial score (nSPS) is 12.5. The number of hydrogen-bond acceptors (Lipinski definition) is 1. The van der Waals surface area contributed by atoms with Crippen LogP contribution in [-0.2, 0) is 6.42 Å². The highest BCUT2D eigenvalue weighted by Crippen LogP contribution is 2.29. The molecule has 0 aromatic heterocycles. The molecule has 1 unspecified atom stereocenters. The fourth-order valence-corrected chi connectivity index (χ4v) is 2.92. The second-order valence-corrected chi connectivity index (χ2v) is 5.84. The van der Waals surface area contributed by atoms with Crippen LogP contribution in [0.2, 0.25) is 0 Å². The van der Waals surface area contributed by atoms with Crippen LogP contribution in [-0.4, -0.2) is 0 Å². The van der Waals surface area contributed by atoms with Gasteiger partial charge in [-0.2, -0.15) is 0 Å². The fraction of sp³-hybridized carbons (Fsp3) is 0.294. The molecule has 0 aliphatic carbocycles. The highest BCUT2D eigenvalue weighted by molar-refractivity contribution is 9.10. The maximum Gasteiger partial charge on any atom is 0.0557 e. The minimum atomic E-state index is -0.0528. The number of nitrogens with two attached hydrogens (primary N) is 1. The van der Waals surface area contributed by atoms with Gasteiger partial charge >= 0.3 is 0 Å². The monoisotopic (exact) mass is 317 g/mol. The van der Waals surface area contributed by atoms with Crippen molar-refractivity contribution in [3.63, 3.8) is 0 Å². The summed E-state index contributed by atoms with van der Waals surface area (Å²) in [7, 11) is 0. The standard InChI is InChI=1S/C17H20BrN/c1-4-13-7-5-6-8-14(13)17(19)15-9-12(3)16(18)10-11(15)2/h5-10,17H,4,19H2,1-3H3. The SMILES string of the molecule is CCc1ccccc1C(N)c1cc(C)c(Br)cc1C. The van der Waals surface area contributed by atoms with Crippen molar-refractivity contribution in [3.8, 4) is 0 Å². The Balaban J connectivity index is 2.50. The molecule has 0 radical (unpaired) electrons. The van der Waals surface area contributed by atoms with Crippen LogP contribution in [0.4, 0.5) is 0 Å². The van der Waals surface area contributed by atoms with Crippen LogP contribution >= 0.6 is 15.9 Å². The maximum atomic E-state index is 6.50. The first kappa shape index (κ1) is 14.3. The van der Waals surface area contributed by atoms with E-state index < -0.39 is 0 Å². The van der Waals surface area contributed by atoms with E-state index in [0.717, 1.165) is 10.9 Å². The Kier molecular flexibility index (Phi) is 4.43. The maximum absolute atomic E-state index is 6.50. The van der Waals surface area contributed by atoms with Gasteiger partial charge in [-0.3, -0.25) is 0 Å². The van der Waals surface area contributed by atoms with Crippen molar-refractivity contribution in [1.29, 1.82) is 0 Å². The van der Waals surface area contributed by atoms with Gasteiger partial charge in [-0.25, -0.2) is 0 Å². The molecule has 0 saturated heterocycles. The molecular weight excluding hydrogens is 298 g/mol. The molecule has 19 heavy (non-hydrogen) atoms. The number of halogens is 1. The van der Waals surface area contributed by atoms with Crippen molar-refractivity contribution < 1.29 is 0 Å². The van der Waals surface area contributed by atoms with E-state index in [2.05, 4.69) is 73.1 Å². The quantitative estimate of drug-likeness (QED) is 0.874. The molecule has 0 aliphatic rings. The van der Waals surface area contributed by atoms with Crippen LogP contribution in [0.1, 0.15) is 40.8 Å². The molecule has 0 aliphatic heterocycles. The summed E-state index contributed by atoms with van der Waals surface area (Å²) in [4.78, 5) is 0. The minimum Gasteiger partial charge on any atom is -0.320 e. The van der Waals surface area contributed by atoms with Gasteiger partial charge in [0, 0.05) is 4.47 Å². The van der Waals surface area contributed by atoms with Crippen LogP contribution in [0.25, 0.3) is 0 Å². The molecule has 1 atom stereocenters. The molecule has 0 bridgehead atoms. The lowest BCUT2D eigenvalue weighted by atomic mass is 9.91. The third-order valence-electron chi connectivity index (χ3n) is 3.65. The minimum absolute atomic E-state index is 0.0528. The predicted molar refractivity (Wildman–Crippen MR) is 85.5 cm³/mol. The summed E-state index contributed by atoms with van der Waals surface area (Å²) in [6.45, 7) is 6.39. The van der Waals surface area contributed by atoms with Gasteiger partial charge in [0.2, 0.25) is 0 Å². The lowest BCUT2D eigenvalue weighted by Crippen LogP contribution is -2.15. The van der Waals surface area contributed by atoms with Crippen LogP contribution in [0.15, 0.2) is 40.9 Å². The fourth-order valence-electron chi connectivity index (χ4n) is 2.47. The third-order valence-corrected chi connectivity index (χ3v) is 4.51. The lowest BCUT2D eigenvalue weighted by Gasteiger charge is -2.19. The van der Waals surface area contributed by atoms with E-state index in [0.29, 0.717) is 0 Å². The van der Waals surface area contributed by atoms with Crippen LogP contribution < -0.4 is 5.73 Å². The van der Waals surface area contributed by atoms with Gasteiger partial charge in [0.1, 0.15) is 0 Å². The van der Waals surface area contributed by atoms with Crippen molar-refractivity contribution in [2.24, 2.45) is 5.73 Å². The Morgan fingerprint density at radius 2 is 1.74 bits per heavy atom. The molecule has 100 valence electrons. The molecule has 2 aromatic rings. The first-order chi connectivity index (χ1) is 9.04. The summed E-state index contributed by atoms with van der Waals surface area (Å²) < 4.78 is 1.14. The summed E-state index contributed by atoms with van der Waals surface area (Å²) in [5.74, 6) is 0. The largest absolute Gasteiger partial charge is 0.320 e. The topological polar surface area (TPSA) is 26.0 Å². The van der Waals surface area contributed by atoms with Crippen LogP contribution in [0, 0.1) is 13.8 Å². The lowest BCUT2D eigenvalue weighted by molar-refractivity contribution is 0.839. The van der Waals surface area contributed by atoms with Crippen molar-refractivity contribution >= 4 is 15.9 Å². The van der Waals surface area contributed by atoms with Gasteiger partial charge < -0.3 is 5.73 Å². The van der Waals surface area contributed by atoms with Crippen LogP contribution in [0.3, 0.4) is 0 Å². The van der Waals surface area contributed by atoms with E-state index >= 15 is 0 Å². The van der Waals surface area contributed by atoms with Gasteiger partial charge in [-0.1, -0.05) is 53.2 Å². The van der Waals surface area contributed by atoms with E-state index in [1.165, 1.54) is 27.8 Å². The average molecular weight is 318 g/mol. The van der Waals surface area contributed by atoms with Gasteiger partial charge in [0.15, 0.2) is 0 Å². The van der Waals surface area contributed by atoms with E-state index in [1.807, 2.05) is 0 Å². The Morgan fingerprint density at radius 1 is 1.05 bits per heavy atom. The van der Waals surface area contributed by atoms with Crippen molar-refractivity contribution in [2.75, 3.05) is 0 Å². The summed E-state index contributed by atoms with van der Waals surface area (Å²) in [6.07, 6.45) is 1.01. The molecule has 0 fully saturated rings. The zero-order valence-electron chi connectivity index (χ0n) is 11.7. The van der Waals surface area contributed by atoms with Gasteiger partial charge in [-0.05, 0) is 54.2 Å². The Hall–Kier alpha value is -1.12. The van der Waals surface area contributed by atoms with Crippen molar-refractivity contribution in [1.82, 2.24) is 0 Å². The molecule has 0 saturated carbocycles. The molecular formula is C17H20BrN. The van der Waals surface area contributed by atoms with Crippen LogP contribution in [0.5, 0.6) is 0 Å². The third kappa shape index (κ3) is 2.90. The smallest absolute Gasteiger partial charge is 0.0557 e. The summed E-state index contributed by atoms with van der Waals surface area (Å²) in [6, 6.07) is 12.7. The summed E-state index contributed by atoms with van der Waals surface area (Å²) in [5.41, 5.74) is 12.7. The van der Waals surface area contributed by atoms with Crippen molar-refractivity contribution in [3.05, 3.63) is 68.7 Å². The summed E-state index contributed by atoms with van der Waals surface area (Å²) in [5, 5.41) is 0. The Bertz CT molecular complexity index is 590. The Morgan fingerprint density at radius 3 is 2.42 bits per heavy atom. The van der Waals surface area contributed by atoms with Gasteiger partial charge in [-0.15, -0.1) is 0 Å². The second-order valence-electron chi connectivity index (χ2n) is 4.99. The molecule has 2 heteroatoms. The van der Waals surface area contributed by atoms with E-state index in [1.54, 1.807) is 0 Å². The number of benzene rings is 2. The average Bonchev–Trinajstić information content (AvgIpc) is 2.42. The van der Waals surface area contributed by atoms with Gasteiger partial charge in [0.25, 0.3) is 0 Å². The molecule has 2 rings (SSSR count). The first-order valence-corrected chi connectivity index (χ1v) is 7.44. The molecule has 1 nitrogen and oxygen atoms in total. The zero-order chi connectivity index (χ0) is 14.0. The number of aryl methyl sites for hydroxylation is 3. The van der Waals surface area contributed by atoms with E-state index in [-0.39, 0.29) is 6.04 Å². The first-order valence-electron chi connectivity index (χ1n) is 6.64. The second kappa shape index (κ2) is 5.89. The molecule has 0 amide bonds. The number of rotatable bonds is 3. The predicted octanol–water partition coefficient (Wildman–Crippen LogP) is 4.68. The molecule has 0 spiro atoms. The Labute approximate surface area is 124 Å². The zero-order valence-corrected chi connectivity index (χ0v) is 13.3.